The average Bonchev–Trinajstić information content (AvgIpc) is 2.58. The summed E-state index contributed by atoms with van der Waals surface area (Å²) in [5, 5.41) is 12.8. The second-order valence-electron chi connectivity index (χ2n) is 2.91. The van der Waals surface area contributed by atoms with Crippen LogP contribution in [0.1, 0.15) is 5.69 Å². The quantitative estimate of drug-likeness (QED) is 0.368. The molecular formula is C8H4N4O3S2. The lowest BCUT2D eigenvalue weighted by molar-refractivity contribution is -0.389. The largest absolute Gasteiger partial charge is 0.382 e. The summed E-state index contributed by atoms with van der Waals surface area (Å²) in [6, 6.07) is 0. The van der Waals surface area contributed by atoms with Gasteiger partial charge in [-0.2, -0.15) is 0 Å². The molecule has 1 aromatic heterocycles. The van der Waals surface area contributed by atoms with Crippen LogP contribution in [0.4, 0.5) is 5.82 Å². The van der Waals surface area contributed by atoms with Gasteiger partial charge in [0.05, 0.1) is 4.91 Å². The Balaban J connectivity index is 2.24. The van der Waals surface area contributed by atoms with Crippen LogP contribution in [0, 0.1) is 10.1 Å². The first-order valence-corrected chi connectivity index (χ1v) is 5.50. The van der Waals surface area contributed by atoms with E-state index in [1.165, 1.54) is 12.3 Å². The molecule has 7 nitrogen and oxygen atoms in total. The van der Waals surface area contributed by atoms with E-state index >= 15 is 0 Å². The highest BCUT2D eigenvalue weighted by Gasteiger charge is 2.22. The molecule has 1 aromatic rings. The van der Waals surface area contributed by atoms with E-state index in [4.69, 9.17) is 12.2 Å². The third kappa shape index (κ3) is 2.63. The van der Waals surface area contributed by atoms with Gasteiger partial charge < -0.3 is 15.4 Å². The molecule has 2 heterocycles. The van der Waals surface area contributed by atoms with Crippen molar-refractivity contribution in [3.8, 4) is 0 Å². The average molecular weight is 268 g/mol. The molecule has 0 saturated carbocycles. The van der Waals surface area contributed by atoms with Crippen molar-refractivity contribution >= 4 is 46.1 Å². The fraction of sp³-hybridized carbons (Fsp3) is 0. The first kappa shape index (κ1) is 11.6. The Morgan fingerprint density at radius 1 is 1.47 bits per heavy atom. The molecule has 0 aromatic carbocycles. The molecule has 0 spiro atoms. The number of carbonyl (C=O) groups excluding carboxylic acids is 1. The zero-order chi connectivity index (χ0) is 12.4. The van der Waals surface area contributed by atoms with E-state index in [-0.39, 0.29) is 11.7 Å². The maximum Gasteiger partial charge on any atom is 0.382 e. The molecule has 1 amide bonds. The standard InChI is InChI=1S/C8H4N4O3S2/c13-7-5(17-8(16)11-7)1-4-2-10-6(3-9-4)12(14)15/h1-3H,(H,11,13,16)/b5-1-. The SMILES string of the molecule is O=C1NC(=S)S/C1=C\c1cnc([N+](=O)[O-])cn1. The summed E-state index contributed by atoms with van der Waals surface area (Å²) < 4.78 is 0.371. The smallest absolute Gasteiger partial charge is 0.358 e. The second kappa shape index (κ2) is 4.55. The summed E-state index contributed by atoms with van der Waals surface area (Å²) in [4.78, 5) is 28.8. The Hall–Kier alpha value is -1.87. The van der Waals surface area contributed by atoms with Gasteiger partial charge in [0.1, 0.15) is 16.2 Å². The fourth-order valence-corrected chi connectivity index (χ4v) is 2.08. The van der Waals surface area contributed by atoms with E-state index in [2.05, 4.69) is 15.3 Å². The normalized spacial score (nSPS) is 17.3. The van der Waals surface area contributed by atoms with Crippen molar-refractivity contribution in [3.05, 3.63) is 33.1 Å². The number of thiocarbonyl (C=S) groups is 1. The first-order chi connectivity index (χ1) is 8.06. The van der Waals surface area contributed by atoms with Crippen molar-refractivity contribution in [2.75, 3.05) is 0 Å². The molecule has 17 heavy (non-hydrogen) atoms. The van der Waals surface area contributed by atoms with Crippen molar-refractivity contribution in [2.24, 2.45) is 0 Å². The van der Waals surface area contributed by atoms with Crippen molar-refractivity contribution in [3.63, 3.8) is 0 Å². The van der Waals surface area contributed by atoms with Crippen LogP contribution in [0.3, 0.4) is 0 Å². The molecule has 0 radical (unpaired) electrons. The summed E-state index contributed by atoms with van der Waals surface area (Å²) in [5.74, 6) is -0.647. The van der Waals surface area contributed by atoms with Gasteiger partial charge in [-0.1, -0.05) is 24.0 Å². The Kier molecular flexibility index (Phi) is 3.11. The molecule has 2 rings (SSSR count). The molecular weight excluding hydrogens is 264 g/mol. The molecule has 0 atom stereocenters. The monoisotopic (exact) mass is 268 g/mol. The van der Waals surface area contributed by atoms with Crippen LogP contribution in [-0.4, -0.2) is 25.1 Å². The molecule has 1 N–H and O–H groups in total. The third-order valence-corrected chi connectivity index (χ3v) is 2.93. The predicted molar refractivity (Wildman–Crippen MR) is 65.0 cm³/mol. The number of thioether (sulfide) groups is 1. The maximum atomic E-state index is 11.3. The Morgan fingerprint density at radius 2 is 2.24 bits per heavy atom. The van der Waals surface area contributed by atoms with Gasteiger partial charge in [-0.05, 0) is 16.0 Å². The van der Waals surface area contributed by atoms with Crippen LogP contribution in [0.2, 0.25) is 0 Å². The number of nitrogens with one attached hydrogen (secondary N) is 1. The summed E-state index contributed by atoms with van der Waals surface area (Å²) >= 11 is 5.92. The minimum atomic E-state index is -0.643. The second-order valence-corrected chi connectivity index (χ2v) is 4.63. The van der Waals surface area contributed by atoms with Crippen LogP contribution < -0.4 is 5.32 Å². The number of amides is 1. The van der Waals surface area contributed by atoms with E-state index in [1.807, 2.05) is 0 Å². The van der Waals surface area contributed by atoms with Crippen molar-refractivity contribution in [1.29, 1.82) is 0 Å². The van der Waals surface area contributed by atoms with Crippen molar-refractivity contribution in [2.45, 2.75) is 0 Å². The van der Waals surface area contributed by atoms with Gasteiger partial charge in [-0.25, -0.2) is 4.98 Å². The highest BCUT2D eigenvalue weighted by molar-refractivity contribution is 8.26. The fourth-order valence-electron chi connectivity index (χ4n) is 1.06. The molecule has 0 unspecified atom stereocenters. The molecule has 1 saturated heterocycles. The van der Waals surface area contributed by atoms with Gasteiger partial charge in [0.15, 0.2) is 6.20 Å². The number of nitrogens with zero attached hydrogens (tertiary/aromatic N) is 3. The van der Waals surface area contributed by atoms with Gasteiger partial charge in [-0.15, -0.1) is 0 Å². The lowest BCUT2D eigenvalue weighted by atomic mass is 10.4. The molecule has 1 fully saturated rings. The van der Waals surface area contributed by atoms with Crippen LogP contribution >= 0.6 is 24.0 Å². The zero-order valence-corrected chi connectivity index (χ0v) is 9.75. The lowest BCUT2D eigenvalue weighted by Gasteiger charge is -1.92. The Bertz CT molecular complexity index is 540. The first-order valence-electron chi connectivity index (χ1n) is 4.27. The van der Waals surface area contributed by atoms with Crippen LogP contribution in [0.25, 0.3) is 6.08 Å². The van der Waals surface area contributed by atoms with Crippen molar-refractivity contribution < 1.29 is 9.72 Å². The van der Waals surface area contributed by atoms with Crippen LogP contribution in [0.5, 0.6) is 0 Å². The van der Waals surface area contributed by atoms with E-state index in [0.29, 0.717) is 14.9 Å². The predicted octanol–water partition coefficient (Wildman–Crippen LogP) is 0.874. The van der Waals surface area contributed by atoms with Gasteiger partial charge in [0.2, 0.25) is 0 Å². The molecule has 1 aliphatic rings. The number of hydrogen-bond acceptors (Lipinski definition) is 7. The summed E-state index contributed by atoms with van der Waals surface area (Å²) in [6.07, 6.45) is 3.72. The number of hydrogen-bond donors (Lipinski definition) is 1. The van der Waals surface area contributed by atoms with Gasteiger partial charge in [-0.3, -0.25) is 4.79 Å². The molecule has 0 bridgehead atoms. The Labute approximate surface area is 104 Å². The Morgan fingerprint density at radius 3 is 2.71 bits per heavy atom. The zero-order valence-electron chi connectivity index (χ0n) is 8.11. The molecule has 9 heteroatoms. The molecule has 86 valence electrons. The summed E-state index contributed by atoms with van der Waals surface area (Å²) in [7, 11) is 0. The van der Waals surface area contributed by atoms with E-state index in [1.54, 1.807) is 0 Å². The number of rotatable bonds is 2. The maximum absolute atomic E-state index is 11.3. The van der Waals surface area contributed by atoms with E-state index < -0.39 is 4.92 Å². The summed E-state index contributed by atoms with van der Waals surface area (Å²) in [6.45, 7) is 0. The van der Waals surface area contributed by atoms with E-state index in [0.717, 1.165) is 18.0 Å². The van der Waals surface area contributed by atoms with Gasteiger partial charge in [0, 0.05) is 0 Å². The number of nitro groups is 1. The van der Waals surface area contributed by atoms with Gasteiger partial charge in [0.25, 0.3) is 5.91 Å². The third-order valence-electron chi connectivity index (χ3n) is 1.77. The minimum Gasteiger partial charge on any atom is -0.358 e. The topological polar surface area (TPSA) is 98.0 Å². The highest BCUT2D eigenvalue weighted by atomic mass is 32.2. The number of aromatic nitrogens is 2. The lowest BCUT2D eigenvalue weighted by Crippen LogP contribution is -2.17. The molecule has 1 aliphatic heterocycles. The van der Waals surface area contributed by atoms with Crippen LogP contribution in [-0.2, 0) is 4.79 Å². The summed E-state index contributed by atoms with van der Waals surface area (Å²) in [5.41, 5.74) is 0.359. The number of carbonyl (C=O) groups is 1. The van der Waals surface area contributed by atoms with E-state index in [9.17, 15) is 14.9 Å². The van der Waals surface area contributed by atoms with Crippen LogP contribution in [0.15, 0.2) is 17.3 Å². The molecule has 0 aliphatic carbocycles. The minimum absolute atomic E-state index is 0.305. The van der Waals surface area contributed by atoms with Gasteiger partial charge >= 0.3 is 5.82 Å². The van der Waals surface area contributed by atoms with Crippen molar-refractivity contribution in [1.82, 2.24) is 15.3 Å². The highest BCUT2D eigenvalue weighted by Crippen LogP contribution is 2.25.